The van der Waals surface area contributed by atoms with Crippen molar-refractivity contribution < 1.29 is 22.5 Å². The van der Waals surface area contributed by atoms with Gasteiger partial charge in [-0.05, 0) is 45.2 Å². The summed E-state index contributed by atoms with van der Waals surface area (Å²) in [5, 5.41) is 0.560. The SMILES string of the molecule is CC1(C)OB(c2cc3cccc(C(F)(F)F)c3s2)OC1(C)C. The summed E-state index contributed by atoms with van der Waals surface area (Å²) in [5.74, 6) is 0. The predicted molar refractivity (Wildman–Crippen MR) is 82.5 cm³/mol. The summed E-state index contributed by atoms with van der Waals surface area (Å²) in [7, 11) is -0.636. The van der Waals surface area contributed by atoms with Gasteiger partial charge in [0, 0.05) is 9.48 Å². The van der Waals surface area contributed by atoms with E-state index in [1.54, 1.807) is 12.1 Å². The van der Waals surface area contributed by atoms with Gasteiger partial charge in [0.25, 0.3) is 0 Å². The summed E-state index contributed by atoms with van der Waals surface area (Å²) in [4.78, 5) is 0. The average Bonchev–Trinajstić information content (AvgIpc) is 2.87. The van der Waals surface area contributed by atoms with Crippen LogP contribution in [0, 0.1) is 0 Å². The maximum absolute atomic E-state index is 13.1. The zero-order valence-electron chi connectivity index (χ0n) is 12.7. The maximum Gasteiger partial charge on any atom is 0.505 e. The zero-order valence-corrected chi connectivity index (χ0v) is 13.6. The maximum atomic E-state index is 13.1. The lowest BCUT2D eigenvalue weighted by atomic mass is 9.87. The van der Waals surface area contributed by atoms with E-state index in [1.807, 2.05) is 27.7 Å². The molecular weight excluding hydrogens is 312 g/mol. The van der Waals surface area contributed by atoms with E-state index in [1.165, 1.54) is 6.07 Å². The van der Waals surface area contributed by atoms with Crippen LogP contribution in [0.2, 0.25) is 0 Å². The van der Waals surface area contributed by atoms with Gasteiger partial charge in [0.2, 0.25) is 0 Å². The summed E-state index contributed by atoms with van der Waals surface area (Å²) in [6.45, 7) is 7.67. The van der Waals surface area contributed by atoms with E-state index in [2.05, 4.69) is 0 Å². The van der Waals surface area contributed by atoms with E-state index >= 15 is 0 Å². The molecule has 22 heavy (non-hydrogen) atoms. The molecule has 0 spiro atoms. The molecule has 2 aromatic rings. The van der Waals surface area contributed by atoms with E-state index in [4.69, 9.17) is 9.31 Å². The first-order chi connectivity index (χ1) is 10.0. The van der Waals surface area contributed by atoms with Crippen molar-refractivity contribution in [3.63, 3.8) is 0 Å². The van der Waals surface area contributed by atoms with Gasteiger partial charge in [-0.15, -0.1) is 11.3 Å². The summed E-state index contributed by atoms with van der Waals surface area (Å²) < 4.78 is 52.0. The molecule has 118 valence electrons. The smallest absolute Gasteiger partial charge is 0.399 e. The first kappa shape index (κ1) is 15.8. The van der Waals surface area contributed by atoms with Gasteiger partial charge in [-0.25, -0.2) is 0 Å². The second-order valence-electron chi connectivity index (χ2n) is 6.46. The van der Waals surface area contributed by atoms with Crippen molar-refractivity contribution >= 4 is 33.3 Å². The van der Waals surface area contributed by atoms with Crippen molar-refractivity contribution in [1.82, 2.24) is 0 Å². The van der Waals surface area contributed by atoms with Crippen molar-refractivity contribution in [3.8, 4) is 0 Å². The normalized spacial score (nSPS) is 20.8. The van der Waals surface area contributed by atoms with Gasteiger partial charge in [0.1, 0.15) is 0 Å². The highest BCUT2D eigenvalue weighted by Gasteiger charge is 2.52. The Morgan fingerprint density at radius 2 is 1.64 bits per heavy atom. The third-order valence-electron chi connectivity index (χ3n) is 4.35. The topological polar surface area (TPSA) is 18.5 Å². The number of fused-ring (bicyclic) bond motifs is 1. The van der Waals surface area contributed by atoms with E-state index in [0.29, 0.717) is 10.2 Å². The van der Waals surface area contributed by atoms with Gasteiger partial charge in [-0.3, -0.25) is 0 Å². The van der Waals surface area contributed by atoms with Crippen molar-refractivity contribution in [3.05, 3.63) is 29.8 Å². The van der Waals surface area contributed by atoms with Crippen LogP contribution >= 0.6 is 11.3 Å². The molecule has 1 aromatic heterocycles. The van der Waals surface area contributed by atoms with Crippen LogP contribution in [0.15, 0.2) is 24.3 Å². The first-order valence-electron chi connectivity index (χ1n) is 6.96. The number of thiophene rings is 1. The Kier molecular flexibility index (Phi) is 3.40. The van der Waals surface area contributed by atoms with Crippen LogP contribution in [0.5, 0.6) is 0 Å². The van der Waals surface area contributed by atoms with Crippen LogP contribution in [0.3, 0.4) is 0 Å². The van der Waals surface area contributed by atoms with Crippen LogP contribution in [0.1, 0.15) is 33.3 Å². The minimum atomic E-state index is -4.36. The molecular formula is C15H16BF3O2S. The van der Waals surface area contributed by atoms with Gasteiger partial charge in [0.15, 0.2) is 0 Å². The molecule has 1 aliphatic heterocycles. The highest BCUT2D eigenvalue weighted by Crippen LogP contribution is 2.40. The molecule has 2 nitrogen and oxygen atoms in total. The fraction of sp³-hybridized carbons (Fsp3) is 0.467. The molecule has 0 unspecified atom stereocenters. The summed E-state index contributed by atoms with van der Waals surface area (Å²) in [6.07, 6.45) is -4.36. The number of rotatable bonds is 1. The van der Waals surface area contributed by atoms with Gasteiger partial charge in [-0.2, -0.15) is 13.2 Å². The number of halogens is 3. The Bertz CT molecular complexity index is 705. The minimum absolute atomic E-state index is 0.222. The van der Waals surface area contributed by atoms with Crippen molar-refractivity contribution in [2.75, 3.05) is 0 Å². The largest absolute Gasteiger partial charge is 0.505 e. The Labute approximate surface area is 131 Å². The molecule has 2 heterocycles. The lowest BCUT2D eigenvalue weighted by Gasteiger charge is -2.32. The molecule has 0 radical (unpaired) electrons. The monoisotopic (exact) mass is 328 g/mol. The van der Waals surface area contributed by atoms with Crippen LogP contribution in [-0.2, 0) is 15.5 Å². The van der Waals surface area contributed by atoms with Crippen molar-refractivity contribution in [2.45, 2.75) is 45.1 Å². The van der Waals surface area contributed by atoms with Crippen molar-refractivity contribution in [2.24, 2.45) is 0 Å². The number of hydrogen-bond donors (Lipinski definition) is 0. The fourth-order valence-electron chi connectivity index (χ4n) is 2.38. The van der Waals surface area contributed by atoms with Gasteiger partial charge in [0.05, 0.1) is 16.8 Å². The van der Waals surface area contributed by atoms with Crippen LogP contribution < -0.4 is 4.78 Å². The molecule has 1 saturated heterocycles. The van der Waals surface area contributed by atoms with Crippen molar-refractivity contribution in [1.29, 1.82) is 0 Å². The van der Waals surface area contributed by atoms with E-state index in [0.717, 1.165) is 17.4 Å². The molecule has 0 aliphatic carbocycles. The van der Waals surface area contributed by atoms with Gasteiger partial charge in [-0.1, -0.05) is 12.1 Å². The second-order valence-corrected chi connectivity index (χ2v) is 7.54. The number of hydrogen-bond acceptors (Lipinski definition) is 3. The Balaban J connectivity index is 2.04. The first-order valence-corrected chi connectivity index (χ1v) is 7.78. The molecule has 0 amide bonds. The zero-order chi connectivity index (χ0) is 16.3. The molecule has 0 N–H and O–H groups in total. The average molecular weight is 328 g/mol. The van der Waals surface area contributed by atoms with E-state index < -0.39 is 30.1 Å². The molecule has 1 aromatic carbocycles. The lowest BCUT2D eigenvalue weighted by Crippen LogP contribution is -2.41. The summed E-state index contributed by atoms with van der Waals surface area (Å²) >= 11 is 1.08. The van der Waals surface area contributed by atoms with Gasteiger partial charge < -0.3 is 9.31 Å². The number of alkyl halides is 3. The Morgan fingerprint density at radius 3 is 2.18 bits per heavy atom. The number of benzene rings is 1. The molecule has 1 fully saturated rings. The Morgan fingerprint density at radius 1 is 1.05 bits per heavy atom. The quantitative estimate of drug-likeness (QED) is 0.730. The molecule has 0 bridgehead atoms. The fourth-order valence-corrected chi connectivity index (χ4v) is 3.53. The lowest BCUT2D eigenvalue weighted by molar-refractivity contribution is -0.136. The van der Waals surface area contributed by atoms with E-state index in [-0.39, 0.29) is 4.70 Å². The Hall–Kier alpha value is -1.05. The third-order valence-corrected chi connectivity index (χ3v) is 5.56. The molecule has 0 saturated carbocycles. The highest BCUT2D eigenvalue weighted by molar-refractivity contribution is 7.28. The molecule has 1 aliphatic rings. The molecule has 0 atom stereocenters. The highest BCUT2D eigenvalue weighted by atomic mass is 32.1. The second kappa shape index (κ2) is 4.72. The molecule has 7 heteroatoms. The van der Waals surface area contributed by atoms with Gasteiger partial charge >= 0.3 is 13.3 Å². The standard InChI is InChI=1S/C15H16BF3O2S/c1-13(2)14(3,4)21-16(20-13)11-8-9-6-5-7-10(12(9)22-11)15(17,18)19/h5-8H,1-4H3. The third kappa shape index (κ3) is 2.45. The minimum Gasteiger partial charge on any atom is -0.399 e. The molecule has 3 rings (SSSR count). The predicted octanol–water partition coefficient (Wildman–Crippen LogP) is 4.22. The van der Waals surface area contributed by atoms with Crippen LogP contribution in [0.25, 0.3) is 10.1 Å². The van der Waals surface area contributed by atoms with Crippen LogP contribution in [0.4, 0.5) is 13.2 Å². The summed E-state index contributed by atoms with van der Waals surface area (Å²) in [6, 6.07) is 5.92. The van der Waals surface area contributed by atoms with Crippen LogP contribution in [-0.4, -0.2) is 18.3 Å². The summed E-state index contributed by atoms with van der Waals surface area (Å²) in [5.41, 5.74) is -1.64. The van der Waals surface area contributed by atoms with E-state index in [9.17, 15) is 13.2 Å².